The minimum absolute atomic E-state index is 0.0636. The van der Waals surface area contributed by atoms with Crippen LogP contribution in [0.25, 0.3) is 22.2 Å². The summed E-state index contributed by atoms with van der Waals surface area (Å²) in [5.74, 6) is 0.618. The van der Waals surface area contributed by atoms with Gasteiger partial charge < -0.3 is 14.4 Å². The fourth-order valence-electron chi connectivity index (χ4n) is 4.94. The van der Waals surface area contributed by atoms with E-state index in [2.05, 4.69) is 51.3 Å². The average Bonchev–Trinajstić information content (AvgIpc) is 3.18. The number of piperazine rings is 1. The first-order valence-electron chi connectivity index (χ1n) is 11.3. The second-order valence-corrected chi connectivity index (χ2v) is 9.00. The zero-order chi connectivity index (χ0) is 20.5. The Labute approximate surface area is 177 Å². The van der Waals surface area contributed by atoms with Crippen molar-refractivity contribution in [3.05, 3.63) is 46.9 Å². The SMILES string of the molecule is CN1CCN(c2ccc(-c3n[nH]c4cc(=O)n(CC5CCCCC5)cc34)cc2)CC1. The summed E-state index contributed by atoms with van der Waals surface area (Å²) in [6.07, 6.45) is 8.39. The van der Waals surface area contributed by atoms with E-state index < -0.39 is 0 Å². The van der Waals surface area contributed by atoms with Crippen molar-refractivity contribution in [2.24, 2.45) is 5.92 Å². The first kappa shape index (κ1) is 19.4. The van der Waals surface area contributed by atoms with Crippen molar-refractivity contribution in [2.45, 2.75) is 38.6 Å². The Kier molecular flexibility index (Phi) is 5.34. The molecule has 6 nitrogen and oxygen atoms in total. The Bertz CT molecular complexity index is 1050. The Hall–Kier alpha value is -2.60. The summed E-state index contributed by atoms with van der Waals surface area (Å²) in [5.41, 5.74) is 4.15. The monoisotopic (exact) mass is 405 g/mol. The van der Waals surface area contributed by atoms with Crippen molar-refractivity contribution in [2.75, 3.05) is 38.1 Å². The molecule has 5 rings (SSSR count). The first-order valence-corrected chi connectivity index (χ1v) is 11.3. The third-order valence-electron chi connectivity index (χ3n) is 6.86. The van der Waals surface area contributed by atoms with E-state index in [-0.39, 0.29) is 5.56 Å². The van der Waals surface area contributed by atoms with Crippen LogP contribution in [0.3, 0.4) is 0 Å². The molecule has 3 heterocycles. The predicted molar refractivity (Wildman–Crippen MR) is 122 cm³/mol. The van der Waals surface area contributed by atoms with Crippen molar-refractivity contribution >= 4 is 16.6 Å². The third-order valence-corrected chi connectivity index (χ3v) is 6.86. The normalized spacial score (nSPS) is 18.9. The molecule has 1 aliphatic heterocycles. The van der Waals surface area contributed by atoms with E-state index in [0.717, 1.165) is 54.9 Å². The van der Waals surface area contributed by atoms with Gasteiger partial charge in [-0.2, -0.15) is 5.10 Å². The molecular formula is C24H31N5O. The molecule has 1 saturated heterocycles. The molecule has 2 fully saturated rings. The fraction of sp³-hybridized carbons (Fsp3) is 0.500. The van der Waals surface area contributed by atoms with Gasteiger partial charge in [0.05, 0.1) is 5.52 Å². The average molecular weight is 406 g/mol. The molecule has 0 unspecified atom stereocenters. The number of likely N-dealkylation sites (N-methyl/N-ethyl adjacent to an activating group) is 1. The Morgan fingerprint density at radius 1 is 1.03 bits per heavy atom. The smallest absolute Gasteiger partial charge is 0.252 e. The molecule has 0 spiro atoms. The van der Waals surface area contributed by atoms with Crippen LogP contribution in [0.1, 0.15) is 32.1 Å². The number of anilines is 1. The molecule has 1 saturated carbocycles. The van der Waals surface area contributed by atoms with E-state index in [4.69, 9.17) is 0 Å². The summed E-state index contributed by atoms with van der Waals surface area (Å²) in [5, 5.41) is 8.64. The number of aromatic amines is 1. The highest BCUT2D eigenvalue weighted by atomic mass is 16.1. The van der Waals surface area contributed by atoms with E-state index >= 15 is 0 Å². The fourth-order valence-corrected chi connectivity index (χ4v) is 4.94. The minimum Gasteiger partial charge on any atom is -0.369 e. The number of pyridine rings is 1. The van der Waals surface area contributed by atoms with Gasteiger partial charge in [-0.15, -0.1) is 0 Å². The van der Waals surface area contributed by atoms with Crippen LogP contribution in [0.2, 0.25) is 0 Å². The second kappa shape index (κ2) is 8.26. The van der Waals surface area contributed by atoms with Crippen molar-refractivity contribution in [1.82, 2.24) is 19.7 Å². The zero-order valence-corrected chi connectivity index (χ0v) is 17.8. The molecule has 2 aliphatic rings. The summed E-state index contributed by atoms with van der Waals surface area (Å²) in [4.78, 5) is 17.4. The van der Waals surface area contributed by atoms with Gasteiger partial charge in [-0.1, -0.05) is 31.4 Å². The largest absolute Gasteiger partial charge is 0.369 e. The molecule has 30 heavy (non-hydrogen) atoms. The van der Waals surface area contributed by atoms with Gasteiger partial charge in [0, 0.05) is 61.6 Å². The van der Waals surface area contributed by atoms with E-state index in [1.807, 2.05) is 10.8 Å². The molecule has 1 aliphatic carbocycles. The number of hydrogen-bond donors (Lipinski definition) is 1. The van der Waals surface area contributed by atoms with Crippen LogP contribution in [0.4, 0.5) is 5.69 Å². The van der Waals surface area contributed by atoms with Crippen LogP contribution in [-0.2, 0) is 6.54 Å². The van der Waals surface area contributed by atoms with E-state index in [1.165, 1.54) is 37.8 Å². The zero-order valence-electron chi connectivity index (χ0n) is 17.8. The predicted octanol–water partition coefficient (Wildman–Crippen LogP) is 3.72. The Morgan fingerprint density at radius 2 is 1.77 bits per heavy atom. The Morgan fingerprint density at radius 3 is 2.50 bits per heavy atom. The van der Waals surface area contributed by atoms with Gasteiger partial charge in [-0.3, -0.25) is 9.89 Å². The highest BCUT2D eigenvalue weighted by molar-refractivity contribution is 5.92. The third kappa shape index (κ3) is 3.88. The molecule has 0 bridgehead atoms. The molecular weight excluding hydrogens is 374 g/mol. The summed E-state index contributed by atoms with van der Waals surface area (Å²) < 4.78 is 1.90. The lowest BCUT2D eigenvalue weighted by molar-refractivity contribution is 0.313. The number of rotatable bonds is 4. The van der Waals surface area contributed by atoms with Gasteiger partial charge >= 0.3 is 0 Å². The molecule has 6 heteroatoms. The lowest BCUT2D eigenvalue weighted by Gasteiger charge is -2.34. The minimum atomic E-state index is 0.0636. The number of benzene rings is 1. The molecule has 0 amide bonds. The summed E-state index contributed by atoms with van der Waals surface area (Å²) >= 11 is 0. The molecule has 3 aromatic rings. The van der Waals surface area contributed by atoms with E-state index in [1.54, 1.807) is 6.07 Å². The van der Waals surface area contributed by atoms with Crippen LogP contribution in [0, 0.1) is 5.92 Å². The molecule has 0 radical (unpaired) electrons. The molecule has 1 aromatic carbocycles. The standard InChI is InChI=1S/C24H31N5O/c1-27-11-13-28(14-12-27)20-9-7-19(8-10-20)24-21-17-29(16-18-5-3-2-4-6-18)23(30)15-22(21)25-26-24/h7-10,15,17-18,25H,2-6,11-14,16H2,1H3. The van der Waals surface area contributed by atoms with E-state index in [9.17, 15) is 4.79 Å². The van der Waals surface area contributed by atoms with Gasteiger partial charge in [0.2, 0.25) is 0 Å². The van der Waals surface area contributed by atoms with Crippen molar-refractivity contribution in [3.63, 3.8) is 0 Å². The molecule has 1 N–H and O–H groups in total. The summed E-state index contributed by atoms with van der Waals surface area (Å²) in [6, 6.07) is 10.4. The van der Waals surface area contributed by atoms with Crippen molar-refractivity contribution in [3.8, 4) is 11.3 Å². The maximum absolute atomic E-state index is 12.6. The first-order chi connectivity index (χ1) is 14.7. The number of H-pyrrole nitrogens is 1. The van der Waals surface area contributed by atoms with Crippen LogP contribution >= 0.6 is 0 Å². The van der Waals surface area contributed by atoms with E-state index in [0.29, 0.717) is 5.92 Å². The van der Waals surface area contributed by atoms with Crippen molar-refractivity contribution < 1.29 is 0 Å². The highest BCUT2D eigenvalue weighted by Gasteiger charge is 2.17. The van der Waals surface area contributed by atoms with Crippen LogP contribution in [0.5, 0.6) is 0 Å². The van der Waals surface area contributed by atoms with Gasteiger partial charge in [-0.25, -0.2) is 0 Å². The Balaban J connectivity index is 1.41. The lowest BCUT2D eigenvalue weighted by Crippen LogP contribution is -2.44. The number of hydrogen-bond acceptors (Lipinski definition) is 4. The topological polar surface area (TPSA) is 57.2 Å². The maximum Gasteiger partial charge on any atom is 0.252 e. The molecule has 2 aromatic heterocycles. The summed E-state index contributed by atoms with van der Waals surface area (Å²) in [6.45, 7) is 5.15. The van der Waals surface area contributed by atoms with Crippen LogP contribution in [0.15, 0.2) is 41.3 Å². The number of fused-ring (bicyclic) bond motifs is 1. The second-order valence-electron chi connectivity index (χ2n) is 9.00. The number of nitrogens with zero attached hydrogens (tertiary/aromatic N) is 4. The lowest BCUT2D eigenvalue weighted by atomic mass is 9.89. The molecule has 0 atom stereocenters. The van der Waals surface area contributed by atoms with Gasteiger partial charge in [0.15, 0.2) is 0 Å². The van der Waals surface area contributed by atoms with Crippen LogP contribution < -0.4 is 10.5 Å². The maximum atomic E-state index is 12.6. The highest BCUT2D eigenvalue weighted by Crippen LogP contribution is 2.29. The number of nitrogens with one attached hydrogen (secondary N) is 1. The van der Waals surface area contributed by atoms with Gasteiger partial charge in [0.1, 0.15) is 5.69 Å². The van der Waals surface area contributed by atoms with Gasteiger partial charge in [-0.05, 0) is 37.9 Å². The number of aromatic nitrogens is 3. The quantitative estimate of drug-likeness (QED) is 0.719. The summed E-state index contributed by atoms with van der Waals surface area (Å²) in [7, 11) is 2.18. The van der Waals surface area contributed by atoms with Crippen molar-refractivity contribution in [1.29, 1.82) is 0 Å². The van der Waals surface area contributed by atoms with Gasteiger partial charge in [0.25, 0.3) is 5.56 Å². The van der Waals surface area contributed by atoms with Crippen LogP contribution in [-0.4, -0.2) is 52.9 Å². The molecule has 158 valence electrons.